The van der Waals surface area contributed by atoms with E-state index in [1.54, 1.807) is 0 Å². The van der Waals surface area contributed by atoms with Gasteiger partial charge in [0.05, 0.1) is 10.5 Å². The Morgan fingerprint density at radius 2 is 1.94 bits per heavy atom. The number of hydrogen-bond donors (Lipinski definition) is 1. The van der Waals surface area contributed by atoms with Crippen LogP contribution in [0.3, 0.4) is 0 Å². The monoisotopic (exact) mass is 260 g/mol. The summed E-state index contributed by atoms with van der Waals surface area (Å²) in [7, 11) is -3.34. The van der Waals surface area contributed by atoms with Gasteiger partial charge in [0.15, 0.2) is 9.84 Å². The molecule has 1 rings (SSSR count). The number of halogens is 3. The topological polar surface area (TPSA) is 54.4 Å². The molecule has 1 aliphatic heterocycles. The zero-order chi connectivity index (χ0) is 12.8. The summed E-state index contributed by atoms with van der Waals surface area (Å²) in [6.07, 6.45) is -7.48. The third kappa shape index (κ3) is 2.34. The van der Waals surface area contributed by atoms with Gasteiger partial charge in [-0.1, -0.05) is 0 Å². The van der Waals surface area contributed by atoms with Crippen molar-refractivity contribution in [1.29, 1.82) is 0 Å². The quantitative estimate of drug-likeness (QED) is 0.819. The summed E-state index contributed by atoms with van der Waals surface area (Å²) in [5, 5.41) is 8.93. The van der Waals surface area contributed by atoms with Crippen molar-refractivity contribution in [2.45, 2.75) is 43.7 Å². The van der Waals surface area contributed by atoms with Gasteiger partial charge in [-0.25, -0.2) is 8.42 Å². The first-order valence-electron chi connectivity index (χ1n) is 4.95. The Hall–Kier alpha value is -0.300. The zero-order valence-electron chi connectivity index (χ0n) is 9.08. The van der Waals surface area contributed by atoms with Crippen molar-refractivity contribution in [3.63, 3.8) is 0 Å². The molecule has 1 N–H and O–H groups in total. The van der Waals surface area contributed by atoms with Crippen LogP contribution in [0, 0.1) is 5.92 Å². The Bertz CT molecular complexity index is 359. The fourth-order valence-electron chi connectivity index (χ4n) is 1.97. The maximum atomic E-state index is 12.1. The molecule has 7 heteroatoms. The first kappa shape index (κ1) is 13.8. The van der Waals surface area contributed by atoms with Crippen molar-refractivity contribution in [1.82, 2.24) is 0 Å². The lowest BCUT2D eigenvalue weighted by Gasteiger charge is -2.28. The highest BCUT2D eigenvalue weighted by Crippen LogP contribution is 2.41. The molecule has 2 unspecified atom stereocenters. The molecule has 3 nitrogen and oxygen atoms in total. The van der Waals surface area contributed by atoms with E-state index < -0.39 is 39.2 Å². The summed E-state index contributed by atoms with van der Waals surface area (Å²) in [4.78, 5) is 0. The van der Waals surface area contributed by atoms with Crippen LogP contribution in [0.15, 0.2) is 0 Å². The first-order valence-corrected chi connectivity index (χ1v) is 6.61. The molecule has 2 atom stereocenters. The SMILES string of the molecule is CC1(C)C(CC(O)C(F)(F)F)CCS1(=O)=O. The van der Waals surface area contributed by atoms with Gasteiger partial charge in [-0.2, -0.15) is 13.2 Å². The molecule has 0 radical (unpaired) electrons. The van der Waals surface area contributed by atoms with Gasteiger partial charge in [-0.3, -0.25) is 0 Å². The minimum atomic E-state index is -4.68. The molecular weight excluding hydrogens is 245 g/mol. The van der Waals surface area contributed by atoms with Crippen molar-refractivity contribution < 1.29 is 26.7 Å². The molecule has 0 spiro atoms. The Morgan fingerprint density at radius 1 is 1.44 bits per heavy atom. The summed E-state index contributed by atoms with van der Waals surface area (Å²) in [6.45, 7) is 2.84. The molecule has 0 aromatic rings. The van der Waals surface area contributed by atoms with E-state index in [-0.39, 0.29) is 12.2 Å². The number of aliphatic hydroxyl groups excluding tert-OH is 1. The highest BCUT2D eigenvalue weighted by atomic mass is 32.2. The molecule has 0 saturated carbocycles. The second kappa shape index (κ2) is 3.87. The molecule has 1 aliphatic rings. The van der Waals surface area contributed by atoms with Crippen molar-refractivity contribution >= 4 is 9.84 Å². The average Bonchev–Trinajstić information content (AvgIpc) is 2.26. The molecule has 0 aromatic heterocycles. The summed E-state index contributed by atoms with van der Waals surface area (Å²) in [5.74, 6) is -0.746. The van der Waals surface area contributed by atoms with Crippen LogP contribution in [-0.2, 0) is 9.84 Å². The van der Waals surface area contributed by atoms with Crippen LogP contribution in [0.4, 0.5) is 13.2 Å². The molecule has 0 amide bonds. The summed E-state index contributed by atoms with van der Waals surface area (Å²) in [5.41, 5.74) is 0. The van der Waals surface area contributed by atoms with Gasteiger partial charge in [0.1, 0.15) is 6.10 Å². The second-order valence-electron chi connectivity index (χ2n) is 4.70. The van der Waals surface area contributed by atoms with Gasteiger partial charge in [0.2, 0.25) is 0 Å². The number of alkyl halides is 3. The van der Waals surface area contributed by atoms with Crippen LogP contribution >= 0.6 is 0 Å². The number of rotatable bonds is 2. The van der Waals surface area contributed by atoms with Crippen molar-refractivity contribution in [3.05, 3.63) is 0 Å². The normalized spacial score (nSPS) is 30.2. The maximum absolute atomic E-state index is 12.1. The van der Waals surface area contributed by atoms with E-state index in [4.69, 9.17) is 5.11 Å². The Labute approximate surface area is 92.6 Å². The molecule has 1 fully saturated rings. The molecule has 0 aromatic carbocycles. The molecule has 96 valence electrons. The minimum Gasteiger partial charge on any atom is -0.384 e. The van der Waals surface area contributed by atoms with Crippen molar-refractivity contribution in [2.24, 2.45) is 5.92 Å². The number of aliphatic hydroxyl groups is 1. The second-order valence-corrected chi connectivity index (χ2v) is 7.39. The van der Waals surface area contributed by atoms with E-state index in [9.17, 15) is 21.6 Å². The van der Waals surface area contributed by atoms with Gasteiger partial charge >= 0.3 is 6.18 Å². The van der Waals surface area contributed by atoms with E-state index in [0.29, 0.717) is 0 Å². The fraction of sp³-hybridized carbons (Fsp3) is 1.00. The molecular formula is C9H15F3O3S. The highest BCUT2D eigenvalue weighted by Gasteiger charge is 2.50. The predicted octanol–water partition coefficient (Wildman–Crippen LogP) is 1.51. The fourth-order valence-corrected chi connectivity index (χ4v) is 3.81. The molecule has 0 bridgehead atoms. The van der Waals surface area contributed by atoms with E-state index >= 15 is 0 Å². The largest absolute Gasteiger partial charge is 0.414 e. The van der Waals surface area contributed by atoms with Crippen LogP contribution in [-0.4, -0.2) is 36.3 Å². The Morgan fingerprint density at radius 3 is 2.25 bits per heavy atom. The maximum Gasteiger partial charge on any atom is 0.414 e. The van der Waals surface area contributed by atoms with Gasteiger partial charge < -0.3 is 5.11 Å². The summed E-state index contributed by atoms with van der Waals surface area (Å²) in [6, 6.07) is 0. The molecule has 16 heavy (non-hydrogen) atoms. The van der Waals surface area contributed by atoms with E-state index in [0.717, 1.165) is 0 Å². The van der Waals surface area contributed by atoms with Gasteiger partial charge in [0.25, 0.3) is 0 Å². The van der Waals surface area contributed by atoms with Crippen LogP contribution in [0.5, 0.6) is 0 Å². The lowest BCUT2D eigenvalue weighted by atomic mass is 9.87. The third-order valence-electron chi connectivity index (χ3n) is 3.41. The van der Waals surface area contributed by atoms with Crippen LogP contribution in [0.25, 0.3) is 0 Å². The predicted molar refractivity (Wildman–Crippen MR) is 52.7 cm³/mol. The zero-order valence-corrected chi connectivity index (χ0v) is 9.90. The first-order chi connectivity index (χ1) is 6.98. The Balaban J connectivity index is 2.79. The van der Waals surface area contributed by atoms with Gasteiger partial charge in [-0.05, 0) is 32.6 Å². The van der Waals surface area contributed by atoms with Crippen LogP contribution < -0.4 is 0 Å². The molecule has 1 saturated heterocycles. The molecule has 1 heterocycles. The number of hydrogen-bond acceptors (Lipinski definition) is 3. The van der Waals surface area contributed by atoms with Crippen LogP contribution in [0.1, 0.15) is 26.7 Å². The summed E-state index contributed by atoms with van der Waals surface area (Å²) >= 11 is 0. The van der Waals surface area contributed by atoms with Gasteiger partial charge in [-0.15, -0.1) is 0 Å². The summed E-state index contributed by atoms with van der Waals surface area (Å²) < 4.78 is 58.4. The van der Waals surface area contributed by atoms with Crippen LogP contribution in [0.2, 0.25) is 0 Å². The number of sulfone groups is 1. The average molecular weight is 260 g/mol. The minimum absolute atomic E-state index is 0.102. The van der Waals surface area contributed by atoms with Crippen molar-refractivity contribution in [2.75, 3.05) is 5.75 Å². The van der Waals surface area contributed by atoms with E-state index in [1.165, 1.54) is 13.8 Å². The molecule has 0 aliphatic carbocycles. The standard InChI is InChI=1S/C9H15F3O3S/c1-8(2)6(3-4-16(8,14)15)5-7(13)9(10,11)12/h6-7,13H,3-5H2,1-2H3. The van der Waals surface area contributed by atoms with E-state index in [2.05, 4.69) is 0 Å². The van der Waals surface area contributed by atoms with Crippen molar-refractivity contribution in [3.8, 4) is 0 Å². The third-order valence-corrected chi connectivity index (χ3v) is 6.12. The highest BCUT2D eigenvalue weighted by molar-refractivity contribution is 7.93. The smallest absolute Gasteiger partial charge is 0.384 e. The Kier molecular flexibility index (Phi) is 3.33. The van der Waals surface area contributed by atoms with Gasteiger partial charge in [0, 0.05) is 0 Å². The lowest BCUT2D eigenvalue weighted by molar-refractivity contribution is -0.208. The van der Waals surface area contributed by atoms with E-state index in [1.807, 2.05) is 0 Å². The lowest BCUT2D eigenvalue weighted by Crippen LogP contribution is -2.38.